The molecule has 0 unspecified atom stereocenters. The molecular formula is C14H15BrN2O. The molecule has 94 valence electrons. The van der Waals surface area contributed by atoms with Crippen LogP contribution in [0, 0.1) is 0 Å². The molecule has 0 amide bonds. The highest BCUT2D eigenvalue weighted by atomic mass is 79.9. The van der Waals surface area contributed by atoms with Crippen LogP contribution >= 0.6 is 15.9 Å². The van der Waals surface area contributed by atoms with E-state index >= 15 is 0 Å². The molecule has 18 heavy (non-hydrogen) atoms. The third-order valence-electron chi connectivity index (χ3n) is 2.85. The lowest BCUT2D eigenvalue weighted by atomic mass is 10.1. The first kappa shape index (κ1) is 12.9. The fourth-order valence-electron chi connectivity index (χ4n) is 1.86. The smallest absolute Gasteiger partial charge is 0.117 e. The van der Waals surface area contributed by atoms with Crippen LogP contribution < -0.4 is 10.6 Å². The molecule has 3 nitrogen and oxygen atoms in total. The van der Waals surface area contributed by atoms with Crippen LogP contribution in [0.5, 0.6) is 5.75 Å². The number of aromatic hydroxyl groups is 1. The topological polar surface area (TPSA) is 49.5 Å². The lowest BCUT2D eigenvalue weighted by Gasteiger charge is -2.22. The molecule has 3 N–H and O–H groups in total. The Kier molecular flexibility index (Phi) is 3.89. The molecule has 2 rings (SSSR count). The number of hydrogen-bond acceptors (Lipinski definition) is 3. The number of rotatable bonds is 3. The summed E-state index contributed by atoms with van der Waals surface area (Å²) in [6.07, 6.45) is 0. The second-order valence-electron chi connectivity index (χ2n) is 4.06. The van der Waals surface area contributed by atoms with Gasteiger partial charge < -0.3 is 15.7 Å². The Balaban J connectivity index is 2.44. The highest BCUT2D eigenvalue weighted by Gasteiger charge is 2.09. The van der Waals surface area contributed by atoms with Crippen LogP contribution in [0.25, 0.3) is 0 Å². The van der Waals surface area contributed by atoms with Gasteiger partial charge in [-0.25, -0.2) is 0 Å². The number of phenols is 1. The van der Waals surface area contributed by atoms with Crippen molar-refractivity contribution >= 4 is 27.3 Å². The largest absolute Gasteiger partial charge is 0.508 e. The SMILES string of the molecule is CN(c1cccc(O)c1)c1cc(Br)ccc1CN. The van der Waals surface area contributed by atoms with Gasteiger partial charge in [-0.05, 0) is 29.8 Å². The third kappa shape index (κ3) is 2.66. The normalized spacial score (nSPS) is 10.4. The van der Waals surface area contributed by atoms with Crippen molar-refractivity contribution in [3.63, 3.8) is 0 Å². The van der Waals surface area contributed by atoms with Crippen molar-refractivity contribution < 1.29 is 5.11 Å². The van der Waals surface area contributed by atoms with E-state index < -0.39 is 0 Å². The van der Waals surface area contributed by atoms with Gasteiger partial charge in [0.1, 0.15) is 5.75 Å². The fourth-order valence-corrected chi connectivity index (χ4v) is 2.21. The standard InChI is InChI=1S/C14H15BrN2O/c1-17(12-3-2-4-13(18)8-12)14-7-11(15)6-5-10(14)9-16/h2-8,18H,9,16H2,1H3. The molecule has 0 saturated carbocycles. The van der Waals surface area contributed by atoms with E-state index in [9.17, 15) is 5.11 Å². The summed E-state index contributed by atoms with van der Waals surface area (Å²) >= 11 is 3.46. The third-order valence-corrected chi connectivity index (χ3v) is 3.34. The van der Waals surface area contributed by atoms with Crippen LogP contribution in [0.4, 0.5) is 11.4 Å². The zero-order valence-corrected chi connectivity index (χ0v) is 11.7. The quantitative estimate of drug-likeness (QED) is 0.914. The maximum absolute atomic E-state index is 9.53. The molecule has 0 bridgehead atoms. The first-order valence-corrected chi connectivity index (χ1v) is 6.42. The average Bonchev–Trinajstić information content (AvgIpc) is 2.38. The van der Waals surface area contributed by atoms with Gasteiger partial charge in [-0.1, -0.05) is 28.1 Å². The van der Waals surface area contributed by atoms with Gasteiger partial charge in [0.15, 0.2) is 0 Å². The Hall–Kier alpha value is -1.52. The van der Waals surface area contributed by atoms with E-state index in [0.29, 0.717) is 6.54 Å². The van der Waals surface area contributed by atoms with E-state index in [1.807, 2.05) is 42.3 Å². The predicted octanol–water partition coefficient (Wildman–Crippen LogP) is 3.38. The number of nitrogens with zero attached hydrogens (tertiary/aromatic N) is 1. The highest BCUT2D eigenvalue weighted by molar-refractivity contribution is 9.10. The highest BCUT2D eigenvalue weighted by Crippen LogP contribution is 2.31. The van der Waals surface area contributed by atoms with Crippen molar-refractivity contribution in [3.8, 4) is 5.75 Å². The van der Waals surface area contributed by atoms with Gasteiger partial charge in [0.05, 0.1) is 0 Å². The minimum atomic E-state index is 0.253. The van der Waals surface area contributed by atoms with E-state index in [-0.39, 0.29) is 5.75 Å². The Labute approximate surface area is 115 Å². The molecule has 0 fully saturated rings. The summed E-state index contributed by atoms with van der Waals surface area (Å²) < 4.78 is 1.00. The van der Waals surface area contributed by atoms with E-state index in [1.54, 1.807) is 12.1 Å². The molecule has 4 heteroatoms. The molecule has 0 aliphatic heterocycles. The van der Waals surface area contributed by atoms with Crippen LogP contribution in [0.2, 0.25) is 0 Å². The van der Waals surface area contributed by atoms with Crippen molar-refractivity contribution in [1.82, 2.24) is 0 Å². The molecule has 0 spiro atoms. The van der Waals surface area contributed by atoms with Gasteiger partial charge in [0.2, 0.25) is 0 Å². The van der Waals surface area contributed by atoms with Crippen LogP contribution in [0.1, 0.15) is 5.56 Å². The lowest BCUT2D eigenvalue weighted by molar-refractivity contribution is 0.475. The molecule has 0 radical (unpaired) electrons. The number of anilines is 2. The summed E-state index contributed by atoms with van der Waals surface area (Å²) in [5, 5.41) is 9.53. The number of nitrogens with two attached hydrogens (primary N) is 1. The lowest BCUT2D eigenvalue weighted by Crippen LogP contribution is -2.13. The average molecular weight is 307 g/mol. The van der Waals surface area contributed by atoms with Gasteiger partial charge in [-0.2, -0.15) is 0 Å². The summed E-state index contributed by atoms with van der Waals surface area (Å²) in [5.41, 5.74) is 8.76. The minimum Gasteiger partial charge on any atom is -0.508 e. The first-order valence-electron chi connectivity index (χ1n) is 5.63. The zero-order chi connectivity index (χ0) is 13.1. The Morgan fingerprint density at radius 2 is 2.00 bits per heavy atom. The Morgan fingerprint density at radius 1 is 1.22 bits per heavy atom. The molecule has 0 saturated heterocycles. The summed E-state index contributed by atoms with van der Waals surface area (Å²) in [7, 11) is 1.95. The second kappa shape index (κ2) is 5.42. The van der Waals surface area contributed by atoms with Gasteiger partial charge in [0.25, 0.3) is 0 Å². The summed E-state index contributed by atoms with van der Waals surface area (Å²) in [6, 6.07) is 13.1. The van der Waals surface area contributed by atoms with Crippen LogP contribution in [-0.4, -0.2) is 12.2 Å². The van der Waals surface area contributed by atoms with Gasteiger partial charge in [-0.3, -0.25) is 0 Å². The van der Waals surface area contributed by atoms with E-state index in [1.165, 1.54) is 0 Å². The number of phenolic OH excluding ortho intramolecular Hbond substituents is 1. The second-order valence-corrected chi connectivity index (χ2v) is 4.97. The van der Waals surface area contributed by atoms with E-state index in [4.69, 9.17) is 5.73 Å². The number of hydrogen-bond donors (Lipinski definition) is 2. The van der Waals surface area contributed by atoms with Crippen molar-refractivity contribution in [2.45, 2.75) is 6.54 Å². The predicted molar refractivity (Wildman–Crippen MR) is 78.2 cm³/mol. The van der Waals surface area contributed by atoms with Crippen molar-refractivity contribution in [1.29, 1.82) is 0 Å². The van der Waals surface area contributed by atoms with Crippen molar-refractivity contribution in [2.75, 3.05) is 11.9 Å². The summed E-state index contributed by atoms with van der Waals surface area (Å²) in [5.74, 6) is 0.253. The van der Waals surface area contributed by atoms with E-state index in [0.717, 1.165) is 21.4 Å². The molecule has 0 aliphatic rings. The van der Waals surface area contributed by atoms with Crippen LogP contribution in [-0.2, 0) is 6.54 Å². The summed E-state index contributed by atoms with van der Waals surface area (Å²) in [6.45, 7) is 0.478. The number of benzene rings is 2. The molecule has 0 atom stereocenters. The molecule has 0 aromatic heterocycles. The first-order chi connectivity index (χ1) is 8.61. The summed E-state index contributed by atoms with van der Waals surface area (Å²) in [4.78, 5) is 2.01. The monoisotopic (exact) mass is 306 g/mol. The minimum absolute atomic E-state index is 0.253. The maximum atomic E-state index is 9.53. The van der Waals surface area contributed by atoms with Gasteiger partial charge >= 0.3 is 0 Å². The molecule has 0 aliphatic carbocycles. The molecular weight excluding hydrogens is 292 g/mol. The maximum Gasteiger partial charge on any atom is 0.117 e. The number of halogens is 1. The van der Waals surface area contributed by atoms with Crippen molar-refractivity contribution in [2.24, 2.45) is 5.73 Å². The van der Waals surface area contributed by atoms with Crippen LogP contribution in [0.3, 0.4) is 0 Å². The molecule has 2 aromatic carbocycles. The zero-order valence-electron chi connectivity index (χ0n) is 10.1. The van der Waals surface area contributed by atoms with Crippen LogP contribution in [0.15, 0.2) is 46.9 Å². The van der Waals surface area contributed by atoms with Gasteiger partial charge in [0, 0.05) is 35.5 Å². The Morgan fingerprint density at radius 3 is 2.67 bits per heavy atom. The fraction of sp³-hybridized carbons (Fsp3) is 0.143. The molecule has 2 aromatic rings. The van der Waals surface area contributed by atoms with E-state index in [2.05, 4.69) is 15.9 Å². The van der Waals surface area contributed by atoms with Gasteiger partial charge in [-0.15, -0.1) is 0 Å². The van der Waals surface area contributed by atoms with Crippen molar-refractivity contribution in [3.05, 3.63) is 52.5 Å². The molecule has 0 heterocycles. The Bertz CT molecular complexity index is 557.